The van der Waals surface area contributed by atoms with E-state index in [0.29, 0.717) is 54.6 Å². The van der Waals surface area contributed by atoms with Gasteiger partial charge in [0, 0.05) is 66.0 Å². The molecule has 4 aromatic heterocycles. The van der Waals surface area contributed by atoms with Crippen molar-refractivity contribution in [3.05, 3.63) is 100.0 Å². The van der Waals surface area contributed by atoms with Gasteiger partial charge >= 0.3 is 5.97 Å². The first-order valence-electron chi connectivity index (χ1n) is 28.1. The van der Waals surface area contributed by atoms with Gasteiger partial charge in [-0.3, -0.25) is 38.9 Å². The highest BCUT2D eigenvalue weighted by Crippen LogP contribution is 2.72. The Morgan fingerprint density at radius 2 is 1.64 bits per heavy atom. The van der Waals surface area contributed by atoms with Crippen LogP contribution in [0.4, 0.5) is 22.6 Å². The summed E-state index contributed by atoms with van der Waals surface area (Å²) < 4.78 is 10.3. The van der Waals surface area contributed by atoms with Gasteiger partial charge in [-0.05, 0) is 151 Å². The quantitative estimate of drug-likeness (QED) is 0.0389. The standard InChI is InChI=1S/C60H67N11O8S/c1-35-38-12-11-23-69(51(38)67-66-50(35)65-56-62-43-13-8-9-15-46(43)80-56)47-20-18-39(49(63-47)55(77)78)42-27-61-70(36(42)2)34-59-29-57(3)28-58(4,30-59)32-60(31-57,33-59)79-25-24-68(5)22-10-6-7-14-45(72)37-16-17-40-41(26-37)54(76)71(53(40)75)44-19-21-48(73)64-52(44)74/h8-9,13,15-18,20,26-27,44H,6-7,10-12,14,19,21-25,28-34H2,1-5H3,(H,77,78)(H,62,65,66)(H,64,73,74). The monoisotopic (exact) mass is 1100 g/mol. The van der Waals surface area contributed by atoms with Crippen molar-refractivity contribution in [2.75, 3.05) is 43.5 Å². The first-order valence-corrected chi connectivity index (χ1v) is 28.9. The third-order valence-corrected chi connectivity index (χ3v) is 18.8. The van der Waals surface area contributed by atoms with Gasteiger partial charge in [0.1, 0.15) is 11.9 Å². The largest absolute Gasteiger partial charge is 0.476 e. The molecule has 4 saturated carbocycles. The molecule has 4 amide bonds. The fourth-order valence-corrected chi connectivity index (χ4v) is 16.3. The minimum atomic E-state index is -1.11. The molecule has 0 radical (unpaired) electrons. The SMILES string of the molecule is Cc1c(Nc2nc3ccccc3s2)nnc2c1CCCN2c1ccc(-c2cnn(CC34CC5(C)CC(C)(C3)CC(OCCN(C)CCCCCC(=O)c3ccc6c(c3)C(=O)N(C3CCC(=O)NC3=O)C6=O)(C5)C4)c2C)c(C(=O)O)n1. The van der Waals surface area contributed by atoms with Gasteiger partial charge in [0.05, 0.1) is 39.7 Å². The van der Waals surface area contributed by atoms with E-state index in [-0.39, 0.29) is 57.3 Å². The maximum Gasteiger partial charge on any atom is 0.355 e. The summed E-state index contributed by atoms with van der Waals surface area (Å²) in [6, 6.07) is 15.2. The van der Waals surface area contributed by atoms with Crippen LogP contribution in [-0.4, -0.2) is 125 Å². The van der Waals surface area contributed by atoms with E-state index >= 15 is 0 Å². The second-order valence-corrected chi connectivity index (χ2v) is 25.5. The number of carbonyl (C=O) groups excluding carboxylic acids is 5. The molecule has 3 unspecified atom stereocenters. The molecule has 80 heavy (non-hydrogen) atoms. The lowest BCUT2D eigenvalue weighted by molar-refractivity contribution is -0.248. The van der Waals surface area contributed by atoms with E-state index in [4.69, 9.17) is 19.8 Å². The van der Waals surface area contributed by atoms with Gasteiger partial charge in [-0.25, -0.2) is 14.8 Å². The fourth-order valence-electron chi connectivity index (χ4n) is 15.4. The van der Waals surface area contributed by atoms with Crippen LogP contribution < -0.4 is 15.5 Å². The predicted octanol–water partition coefficient (Wildman–Crippen LogP) is 9.40. The van der Waals surface area contributed by atoms with E-state index in [1.807, 2.05) is 55.1 Å². The molecule has 7 aliphatic rings. The zero-order valence-electron chi connectivity index (χ0n) is 46.0. The van der Waals surface area contributed by atoms with Gasteiger partial charge in [-0.15, -0.1) is 10.2 Å². The first-order chi connectivity index (χ1) is 38.3. The number of carboxylic acid groups (broad SMARTS) is 1. The lowest BCUT2D eigenvalue weighted by Crippen LogP contribution is -2.64. The van der Waals surface area contributed by atoms with Crippen LogP contribution in [0.2, 0.25) is 0 Å². The Morgan fingerprint density at radius 3 is 2.41 bits per heavy atom. The van der Waals surface area contributed by atoms with Crippen molar-refractivity contribution >= 4 is 79.5 Å². The van der Waals surface area contributed by atoms with Crippen molar-refractivity contribution in [1.82, 2.24) is 45.1 Å². The van der Waals surface area contributed by atoms with Crippen LogP contribution in [0.3, 0.4) is 0 Å². The van der Waals surface area contributed by atoms with Crippen LogP contribution in [-0.2, 0) is 27.3 Å². The molecule has 3 aliphatic heterocycles. The Morgan fingerprint density at radius 1 is 0.863 bits per heavy atom. The number of ketones is 1. The number of aromatic carboxylic acids is 1. The highest BCUT2D eigenvalue weighted by molar-refractivity contribution is 7.22. The molecule has 5 fully saturated rings. The van der Waals surface area contributed by atoms with E-state index in [0.717, 1.165) is 120 Å². The number of Topliss-reactive ketones (excluding diaryl/α,β-unsaturated/α-hetero) is 1. The third kappa shape index (κ3) is 9.86. The number of carbonyl (C=O) groups is 6. The Hall–Kier alpha value is -7.29. The van der Waals surface area contributed by atoms with Crippen molar-refractivity contribution in [3.8, 4) is 11.1 Å². The highest BCUT2D eigenvalue weighted by atomic mass is 32.1. The summed E-state index contributed by atoms with van der Waals surface area (Å²) in [7, 11) is 2.11. The molecule has 6 aromatic rings. The summed E-state index contributed by atoms with van der Waals surface area (Å²) >= 11 is 1.56. The number of imide groups is 2. The molecule has 2 aromatic carbocycles. The van der Waals surface area contributed by atoms with Gasteiger partial charge in [0.2, 0.25) is 11.8 Å². The number of para-hydroxylation sites is 1. The van der Waals surface area contributed by atoms with E-state index < -0.39 is 35.6 Å². The van der Waals surface area contributed by atoms with Gasteiger partial charge < -0.3 is 25.0 Å². The molecule has 4 aliphatic carbocycles. The van der Waals surface area contributed by atoms with E-state index in [2.05, 4.69) is 51.3 Å². The van der Waals surface area contributed by atoms with E-state index in [9.17, 15) is 33.9 Å². The van der Waals surface area contributed by atoms with Crippen LogP contribution in [0.1, 0.15) is 156 Å². The number of piperidine rings is 1. The molecule has 19 nitrogen and oxygen atoms in total. The molecule has 7 heterocycles. The maximum absolute atomic E-state index is 13.3. The average Bonchev–Trinajstić information content (AvgIpc) is 4.07. The van der Waals surface area contributed by atoms with E-state index in [1.54, 1.807) is 23.6 Å². The first kappa shape index (κ1) is 53.4. The van der Waals surface area contributed by atoms with Crippen molar-refractivity contribution in [1.29, 1.82) is 0 Å². The second-order valence-electron chi connectivity index (χ2n) is 24.5. The smallest absolute Gasteiger partial charge is 0.355 e. The van der Waals surface area contributed by atoms with Gasteiger partial charge in [-0.1, -0.05) is 49.8 Å². The van der Waals surface area contributed by atoms with Crippen LogP contribution in [0.5, 0.6) is 0 Å². The van der Waals surface area contributed by atoms with Gasteiger partial charge in [-0.2, -0.15) is 5.10 Å². The Balaban J connectivity index is 0.657. The second kappa shape index (κ2) is 20.4. The number of rotatable bonds is 19. The molecule has 20 heteroatoms. The number of amides is 4. The average molecular weight is 1100 g/mol. The van der Waals surface area contributed by atoms with Crippen LogP contribution >= 0.6 is 11.3 Å². The minimum absolute atomic E-state index is 0.0342. The molecule has 3 atom stereocenters. The maximum atomic E-state index is 13.3. The number of carboxylic acids is 1. The van der Waals surface area contributed by atoms with E-state index in [1.165, 1.54) is 18.6 Å². The zero-order valence-corrected chi connectivity index (χ0v) is 46.8. The topological polar surface area (TPSA) is 235 Å². The molecular weight excluding hydrogens is 1030 g/mol. The summed E-state index contributed by atoms with van der Waals surface area (Å²) in [6.45, 7) is 12.5. The number of ether oxygens (including phenoxy) is 1. The molecule has 13 rings (SSSR count). The number of pyridine rings is 1. The number of hydrogen-bond donors (Lipinski definition) is 3. The molecule has 1 saturated heterocycles. The van der Waals surface area contributed by atoms with Gasteiger partial charge in [0.25, 0.3) is 11.8 Å². The van der Waals surface area contributed by atoms with Gasteiger partial charge in [0.15, 0.2) is 28.2 Å². The number of hydrogen-bond acceptors (Lipinski definition) is 16. The summed E-state index contributed by atoms with van der Waals surface area (Å²) in [4.78, 5) is 91.6. The summed E-state index contributed by atoms with van der Waals surface area (Å²) in [5.74, 6) is -1.72. The minimum Gasteiger partial charge on any atom is -0.476 e. The van der Waals surface area contributed by atoms with Crippen LogP contribution in [0.25, 0.3) is 21.3 Å². The summed E-state index contributed by atoms with van der Waals surface area (Å²) in [6.07, 6.45) is 12.6. The number of nitrogens with one attached hydrogen (secondary N) is 2. The number of likely N-dealkylation sites (N-methyl/N-ethyl adjacent to an activating group) is 1. The Bertz CT molecular complexity index is 3500. The highest BCUT2D eigenvalue weighted by Gasteiger charge is 2.66. The molecular formula is C60H67N11O8S. The summed E-state index contributed by atoms with van der Waals surface area (Å²) in [5, 5.41) is 31.3. The summed E-state index contributed by atoms with van der Waals surface area (Å²) in [5.41, 5.74) is 5.66. The lowest BCUT2D eigenvalue weighted by Gasteiger charge is -2.69. The van der Waals surface area contributed by atoms with Crippen molar-refractivity contribution < 1.29 is 38.6 Å². The Kier molecular flexibility index (Phi) is 13.6. The van der Waals surface area contributed by atoms with Crippen LogP contribution in [0.15, 0.2) is 60.8 Å². The number of thiazole rings is 1. The number of unbranched alkanes of at least 4 members (excludes halogenated alkanes) is 2. The fraction of sp³-hybridized carbons (Fsp3) is 0.483. The third-order valence-electron chi connectivity index (χ3n) is 17.9. The Labute approximate surface area is 467 Å². The van der Waals surface area contributed by atoms with Crippen molar-refractivity contribution in [3.63, 3.8) is 0 Å². The predicted molar refractivity (Wildman–Crippen MR) is 301 cm³/mol. The van der Waals surface area contributed by atoms with Crippen molar-refractivity contribution in [2.24, 2.45) is 16.2 Å². The number of benzene rings is 2. The number of nitrogens with zero attached hydrogens (tertiary/aromatic N) is 9. The number of anilines is 4. The lowest BCUT2D eigenvalue weighted by atomic mass is 9.39. The number of fused-ring (bicyclic) bond motifs is 3. The zero-order chi connectivity index (χ0) is 55.9. The molecule has 3 N–H and O–H groups in total. The van der Waals surface area contributed by atoms with Crippen LogP contribution in [0, 0.1) is 30.1 Å². The number of aromatic nitrogens is 6. The normalized spacial score (nSPS) is 24.9. The molecule has 4 bridgehead atoms. The van der Waals surface area contributed by atoms with Crippen molar-refractivity contribution in [2.45, 2.75) is 136 Å². The molecule has 416 valence electrons. The molecule has 0 spiro atoms.